The van der Waals surface area contributed by atoms with E-state index in [4.69, 9.17) is 10.7 Å². The summed E-state index contributed by atoms with van der Waals surface area (Å²) in [5.74, 6) is 2.11. The molecule has 0 atom stereocenters. The third-order valence-corrected chi connectivity index (χ3v) is 4.39. The number of nitrogens with two attached hydrogens (primary N) is 1. The Bertz CT molecular complexity index is 565. The summed E-state index contributed by atoms with van der Waals surface area (Å²) in [5, 5.41) is 0. The molecule has 1 saturated carbocycles. The lowest BCUT2D eigenvalue weighted by Crippen LogP contribution is -2.07. The first-order valence-electron chi connectivity index (χ1n) is 7.50. The molecule has 0 bridgehead atoms. The number of rotatable bonds is 4. The van der Waals surface area contributed by atoms with E-state index in [-0.39, 0.29) is 0 Å². The van der Waals surface area contributed by atoms with Crippen LogP contribution in [-0.4, -0.2) is 9.55 Å². The van der Waals surface area contributed by atoms with Crippen LogP contribution in [0.25, 0.3) is 11.0 Å². The van der Waals surface area contributed by atoms with E-state index >= 15 is 0 Å². The first-order chi connectivity index (χ1) is 9.31. The van der Waals surface area contributed by atoms with E-state index in [2.05, 4.69) is 29.7 Å². The molecule has 0 amide bonds. The fraction of sp³-hybridized carbons (Fsp3) is 0.562. The Hall–Kier alpha value is -1.35. The lowest BCUT2D eigenvalue weighted by Gasteiger charge is -2.10. The van der Waals surface area contributed by atoms with Crippen LogP contribution >= 0.6 is 0 Å². The summed E-state index contributed by atoms with van der Waals surface area (Å²) < 4.78 is 2.37. The van der Waals surface area contributed by atoms with Crippen molar-refractivity contribution in [1.82, 2.24) is 9.55 Å². The molecule has 3 rings (SSSR count). The molecule has 1 aromatic carbocycles. The van der Waals surface area contributed by atoms with E-state index in [1.165, 1.54) is 42.6 Å². The van der Waals surface area contributed by atoms with Crippen molar-refractivity contribution in [2.45, 2.75) is 52.1 Å². The summed E-state index contributed by atoms with van der Waals surface area (Å²) in [7, 11) is 0. The van der Waals surface area contributed by atoms with Crippen molar-refractivity contribution >= 4 is 11.0 Å². The number of nitrogens with zero attached hydrogens (tertiary/aromatic N) is 2. The van der Waals surface area contributed by atoms with Crippen LogP contribution in [0.5, 0.6) is 0 Å². The van der Waals surface area contributed by atoms with E-state index < -0.39 is 0 Å². The largest absolute Gasteiger partial charge is 0.328 e. The lowest BCUT2D eigenvalue weighted by molar-refractivity contribution is 0.516. The molecule has 0 unspecified atom stereocenters. The molecule has 1 aliphatic carbocycles. The van der Waals surface area contributed by atoms with Gasteiger partial charge in [-0.25, -0.2) is 4.98 Å². The van der Waals surface area contributed by atoms with E-state index in [0.717, 1.165) is 24.4 Å². The third-order valence-electron chi connectivity index (χ3n) is 4.39. The van der Waals surface area contributed by atoms with Gasteiger partial charge in [0.15, 0.2) is 0 Å². The Morgan fingerprint density at radius 1 is 1.32 bits per heavy atom. The third kappa shape index (κ3) is 2.39. The second-order valence-corrected chi connectivity index (χ2v) is 5.65. The van der Waals surface area contributed by atoms with Crippen LogP contribution in [0.4, 0.5) is 0 Å². The van der Waals surface area contributed by atoms with Crippen molar-refractivity contribution in [2.75, 3.05) is 0 Å². The van der Waals surface area contributed by atoms with Gasteiger partial charge in [0.25, 0.3) is 0 Å². The zero-order valence-corrected chi connectivity index (χ0v) is 11.7. The fourth-order valence-electron chi connectivity index (χ4n) is 3.33. The monoisotopic (exact) mass is 257 g/mol. The number of hydrogen-bond acceptors (Lipinski definition) is 2. The number of fused-ring (bicyclic) bond motifs is 1. The van der Waals surface area contributed by atoms with Crippen LogP contribution in [0.2, 0.25) is 0 Å². The molecule has 2 aromatic rings. The highest BCUT2D eigenvalue weighted by Gasteiger charge is 2.19. The van der Waals surface area contributed by atoms with Gasteiger partial charge >= 0.3 is 0 Å². The zero-order valence-electron chi connectivity index (χ0n) is 11.7. The second-order valence-electron chi connectivity index (χ2n) is 5.65. The average molecular weight is 257 g/mol. The first kappa shape index (κ1) is 12.7. The Morgan fingerprint density at radius 3 is 2.79 bits per heavy atom. The summed E-state index contributed by atoms with van der Waals surface area (Å²) in [5.41, 5.74) is 9.25. The standard InChI is InChI=1S/C16H23N3/c1-2-19-15-8-7-13(11-17)9-14(15)18-16(19)10-12-5-3-4-6-12/h7-9,12H,2-6,10-11,17H2,1H3. The van der Waals surface area contributed by atoms with Gasteiger partial charge < -0.3 is 10.3 Å². The summed E-state index contributed by atoms with van der Waals surface area (Å²) in [6, 6.07) is 6.43. The van der Waals surface area contributed by atoms with E-state index in [1.807, 2.05) is 0 Å². The van der Waals surface area contributed by atoms with Crippen LogP contribution in [-0.2, 0) is 19.5 Å². The molecule has 1 aromatic heterocycles. The van der Waals surface area contributed by atoms with Crippen molar-refractivity contribution in [2.24, 2.45) is 11.7 Å². The highest BCUT2D eigenvalue weighted by atomic mass is 15.1. The van der Waals surface area contributed by atoms with Crippen molar-refractivity contribution in [3.63, 3.8) is 0 Å². The van der Waals surface area contributed by atoms with E-state index in [0.29, 0.717) is 6.54 Å². The summed E-state index contributed by atoms with van der Waals surface area (Å²) >= 11 is 0. The van der Waals surface area contributed by atoms with Gasteiger partial charge in [0.1, 0.15) is 5.82 Å². The summed E-state index contributed by atoms with van der Waals surface area (Å²) in [4.78, 5) is 4.86. The molecule has 1 heterocycles. The molecule has 3 heteroatoms. The van der Waals surface area contributed by atoms with Crippen LogP contribution in [0, 0.1) is 5.92 Å². The van der Waals surface area contributed by atoms with Gasteiger partial charge in [-0.3, -0.25) is 0 Å². The number of benzene rings is 1. The molecule has 3 nitrogen and oxygen atoms in total. The molecule has 2 N–H and O–H groups in total. The van der Waals surface area contributed by atoms with Gasteiger partial charge in [0.05, 0.1) is 11.0 Å². The quantitative estimate of drug-likeness (QED) is 0.913. The average Bonchev–Trinajstić information content (AvgIpc) is 3.05. The number of hydrogen-bond donors (Lipinski definition) is 1. The molecule has 0 aliphatic heterocycles. The Labute approximate surface area is 114 Å². The highest BCUT2D eigenvalue weighted by molar-refractivity contribution is 5.77. The molecule has 19 heavy (non-hydrogen) atoms. The first-order valence-corrected chi connectivity index (χ1v) is 7.50. The molecular formula is C16H23N3. The lowest BCUT2D eigenvalue weighted by atomic mass is 10.0. The summed E-state index contributed by atoms with van der Waals surface area (Å²) in [6.45, 7) is 3.80. The normalized spacial score (nSPS) is 16.5. The maximum Gasteiger partial charge on any atom is 0.110 e. The fourth-order valence-corrected chi connectivity index (χ4v) is 3.33. The zero-order chi connectivity index (χ0) is 13.2. The van der Waals surface area contributed by atoms with Gasteiger partial charge in [0, 0.05) is 19.5 Å². The molecule has 1 aliphatic rings. The maximum absolute atomic E-state index is 5.72. The van der Waals surface area contributed by atoms with Crippen molar-refractivity contribution in [3.05, 3.63) is 29.6 Å². The van der Waals surface area contributed by atoms with Crippen molar-refractivity contribution in [1.29, 1.82) is 0 Å². The Morgan fingerprint density at radius 2 is 2.11 bits per heavy atom. The van der Waals surface area contributed by atoms with Crippen molar-refractivity contribution < 1.29 is 0 Å². The van der Waals surface area contributed by atoms with Gasteiger partial charge in [-0.05, 0) is 30.5 Å². The minimum absolute atomic E-state index is 0.590. The van der Waals surface area contributed by atoms with Gasteiger partial charge in [0.2, 0.25) is 0 Å². The number of imidazole rings is 1. The van der Waals surface area contributed by atoms with Crippen molar-refractivity contribution in [3.8, 4) is 0 Å². The molecular weight excluding hydrogens is 234 g/mol. The van der Waals surface area contributed by atoms with E-state index in [1.54, 1.807) is 0 Å². The highest BCUT2D eigenvalue weighted by Crippen LogP contribution is 2.29. The molecule has 0 spiro atoms. The molecule has 102 valence electrons. The van der Waals surface area contributed by atoms with Crippen LogP contribution in [0.15, 0.2) is 18.2 Å². The predicted molar refractivity (Wildman–Crippen MR) is 79.0 cm³/mol. The van der Waals surface area contributed by atoms with E-state index in [9.17, 15) is 0 Å². The minimum atomic E-state index is 0.590. The smallest absolute Gasteiger partial charge is 0.110 e. The van der Waals surface area contributed by atoms with Crippen LogP contribution in [0.3, 0.4) is 0 Å². The number of aromatic nitrogens is 2. The predicted octanol–water partition coefficient (Wildman–Crippen LogP) is 3.25. The summed E-state index contributed by atoms with van der Waals surface area (Å²) in [6.07, 6.45) is 6.69. The SMILES string of the molecule is CCn1c(CC2CCCC2)nc2cc(CN)ccc21. The topological polar surface area (TPSA) is 43.8 Å². The van der Waals surface area contributed by atoms with Gasteiger partial charge in [-0.2, -0.15) is 0 Å². The Kier molecular flexibility index (Phi) is 3.56. The van der Waals surface area contributed by atoms with Crippen LogP contribution < -0.4 is 5.73 Å². The van der Waals surface area contributed by atoms with Gasteiger partial charge in [-0.1, -0.05) is 31.7 Å². The molecule has 1 fully saturated rings. The minimum Gasteiger partial charge on any atom is -0.328 e. The molecule has 0 saturated heterocycles. The maximum atomic E-state index is 5.72. The Balaban J connectivity index is 1.97. The number of aryl methyl sites for hydroxylation is 1. The van der Waals surface area contributed by atoms with Crippen LogP contribution in [0.1, 0.15) is 44.0 Å². The second kappa shape index (κ2) is 5.33. The molecule has 0 radical (unpaired) electrons. The van der Waals surface area contributed by atoms with Gasteiger partial charge in [-0.15, -0.1) is 0 Å².